The summed E-state index contributed by atoms with van der Waals surface area (Å²) in [6, 6.07) is 0. The molecule has 466 valence electrons. The van der Waals surface area contributed by atoms with Gasteiger partial charge in [-0.1, -0.05) is 298 Å². The Hall–Kier alpha value is -3.67. The minimum atomic E-state index is -0.793. The van der Waals surface area contributed by atoms with Crippen molar-refractivity contribution in [2.24, 2.45) is 0 Å². The number of hydrogen-bond acceptors (Lipinski definition) is 6. The molecule has 1 atom stereocenters. The van der Waals surface area contributed by atoms with Gasteiger partial charge in [-0.15, -0.1) is 0 Å². The average Bonchev–Trinajstić information content (AvgIpc) is 3.47. The smallest absolute Gasteiger partial charge is 0.306 e. The summed E-state index contributed by atoms with van der Waals surface area (Å²) in [5, 5.41) is 0. The van der Waals surface area contributed by atoms with Gasteiger partial charge in [0.2, 0.25) is 0 Å². The van der Waals surface area contributed by atoms with Crippen molar-refractivity contribution in [3.05, 3.63) is 97.2 Å². The summed E-state index contributed by atoms with van der Waals surface area (Å²) in [4.78, 5) is 38.5. The second kappa shape index (κ2) is 68.8. The van der Waals surface area contributed by atoms with Crippen LogP contribution >= 0.6 is 0 Å². The van der Waals surface area contributed by atoms with E-state index in [-0.39, 0.29) is 31.1 Å². The molecule has 0 aliphatic rings. The van der Waals surface area contributed by atoms with Gasteiger partial charge in [0.1, 0.15) is 13.2 Å². The first-order valence-electron chi connectivity index (χ1n) is 34.7. The largest absolute Gasteiger partial charge is 0.462 e. The lowest BCUT2D eigenvalue weighted by molar-refractivity contribution is -0.167. The average molecular weight is 1130 g/mol. The minimum absolute atomic E-state index is 0.0860. The second-order valence-corrected chi connectivity index (χ2v) is 23.1. The number of unbranched alkanes of at least 4 members (excludes halogenated alkanes) is 36. The molecule has 0 aromatic rings. The van der Waals surface area contributed by atoms with Gasteiger partial charge in [-0.25, -0.2) is 0 Å². The maximum Gasteiger partial charge on any atom is 0.306 e. The fraction of sp³-hybridized carbons (Fsp3) is 0.747. The van der Waals surface area contributed by atoms with Gasteiger partial charge in [0, 0.05) is 19.3 Å². The van der Waals surface area contributed by atoms with Crippen LogP contribution in [-0.4, -0.2) is 37.2 Å². The Kier molecular flexibility index (Phi) is 65.7. The Morgan fingerprint density at radius 1 is 0.259 bits per heavy atom. The summed E-state index contributed by atoms with van der Waals surface area (Å²) < 4.78 is 17.0. The first-order valence-corrected chi connectivity index (χ1v) is 34.7. The molecule has 6 heteroatoms. The van der Waals surface area contributed by atoms with Crippen molar-refractivity contribution >= 4 is 17.9 Å². The van der Waals surface area contributed by atoms with Gasteiger partial charge in [-0.2, -0.15) is 0 Å². The van der Waals surface area contributed by atoms with E-state index in [1.807, 2.05) is 0 Å². The molecule has 0 heterocycles. The lowest BCUT2D eigenvalue weighted by atomic mass is 10.0. The molecule has 0 fully saturated rings. The molecule has 0 aliphatic carbocycles. The monoisotopic (exact) mass is 1130 g/mol. The lowest BCUT2D eigenvalue weighted by Crippen LogP contribution is -2.30. The summed E-state index contributed by atoms with van der Waals surface area (Å²) in [5.41, 5.74) is 0. The molecule has 0 spiro atoms. The van der Waals surface area contributed by atoms with Gasteiger partial charge in [-0.05, 0) is 122 Å². The fourth-order valence-electron chi connectivity index (χ4n) is 9.85. The number of esters is 3. The summed E-state index contributed by atoms with van der Waals surface area (Å²) in [6.45, 7) is 6.52. The van der Waals surface area contributed by atoms with Gasteiger partial charge in [0.25, 0.3) is 0 Å². The molecule has 0 rings (SSSR count). The third-order valence-electron chi connectivity index (χ3n) is 15.0. The normalized spacial score (nSPS) is 12.7. The third kappa shape index (κ3) is 67.0. The highest BCUT2D eigenvalue weighted by atomic mass is 16.6. The molecule has 0 N–H and O–H groups in total. The van der Waals surface area contributed by atoms with E-state index in [9.17, 15) is 14.4 Å². The number of allylic oxidation sites excluding steroid dienone is 16. The lowest BCUT2D eigenvalue weighted by Gasteiger charge is -2.18. The predicted molar refractivity (Wildman–Crippen MR) is 353 cm³/mol. The van der Waals surface area contributed by atoms with E-state index >= 15 is 0 Å². The first kappa shape index (κ1) is 77.3. The Bertz CT molecular complexity index is 1580. The van der Waals surface area contributed by atoms with Crippen molar-refractivity contribution in [2.75, 3.05) is 13.2 Å². The first-order chi connectivity index (χ1) is 40.0. The highest BCUT2D eigenvalue weighted by Crippen LogP contribution is 2.17. The maximum atomic E-state index is 13.0. The van der Waals surface area contributed by atoms with E-state index in [1.165, 1.54) is 186 Å². The Balaban J connectivity index is 4.41. The molecule has 0 bridgehead atoms. The van der Waals surface area contributed by atoms with Crippen LogP contribution < -0.4 is 0 Å². The van der Waals surface area contributed by atoms with Gasteiger partial charge in [-0.3, -0.25) is 14.4 Å². The van der Waals surface area contributed by atoms with Crippen LogP contribution in [0.3, 0.4) is 0 Å². The predicted octanol–water partition coefficient (Wildman–Crippen LogP) is 24.0. The van der Waals surface area contributed by atoms with Crippen molar-refractivity contribution in [3.63, 3.8) is 0 Å². The Morgan fingerprint density at radius 2 is 0.481 bits per heavy atom. The zero-order chi connectivity index (χ0) is 58.5. The number of rotatable bonds is 63. The maximum absolute atomic E-state index is 13.0. The van der Waals surface area contributed by atoms with Crippen LogP contribution in [-0.2, 0) is 28.6 Å². The molecule has 0 aliphatic heterocycles. The summed E-state index contributed by atoms with van der Waals surface area (Å²) >= 11 is 0. The highest BCUT2D eigenvalue weighted by molar-refractivity contribution is 5.71. The molecular weight excluding hydrogens is 997 g/mol. The van der Waals surface area contributed by atoms with Crippen LogP contribution in [0.1, 0.15) is 342 Å². The van der Waals surface area contributed by atoms with Gasteiger partial charge < -0.3 is 14.2 Å². The van der Waals surface area contributed by atoms with Crippen LogP contribution in [0.25, 0.3) is 0 Å². The summed E-state index contributed by atoms with van der Waals surface area (Å²) in [5.74, 6) is -0.895. The van der Waals surface area contributed by atoms with E-state index in [2.05, 4.69) is 118 Å². The number of ether oxygens (including phenoxy) is 3. The molecule has 0 saturated carbocycles. The zero-order valence-corrected chi connectivity index (χ0v) is 53.5. The van der Waals surface area contributed by atoms with E-state index in [4.69, 9.17) is 14.2 Å². The van der Waals surface area contributed by atoms with Crippen molar-refractivity contribution in [2.45, 2.75) is 348 Å². The molecule has 0 saturated heterocycles. The Morgan fingerprint density at radius 3 is 0.790 bits per heavy atom. The number of hydrogen-bond donors (Lipinski definition) is 0. The van der Waals surface area contributed by atoms with E-state index in [0.717, 1.165) is 116 Å². The van der Waals surface area contributed by atoms with Crippen molar-refractivity contribution in [1.29, 1.82) is 0 Å². The SMILES string of the molecule is CC/C=C\C/C=C\C/C=C\C/C=C\C/C=C\CCCCCCCC(=O)OC(COC(=O)CCCCCCCCCCC/C=C\C/C=C\CCCCC)COC(=O)CCCCCCCCCCCCC/C=C\CCCCCCCCCC. The molecular formula is C75H130O6. The van der Waals surface area contributed by atoms with E-state index in [1.54, 1.807) is 0 Å². The third-order valence-corrected chi connectivity index (χ3v) is 15.0. The molecule has 0 amide bonds. The fourth-order valence-corrected chi connectivity index (χ4v) is 9.85. The topological polar surface area (TPSA) is 78.9 Å². The highest BCUT2D eigenvalue weighted by Gasteiger charge is 2.19. The van der Waals surface area contributed by atoms with Crippen LogP contribution in [0.5, 0.6) is 0 Å². The minimum Gasteiger partial charge on any atom is -0.462 e. The van der Waals surface area contributed by atoms with Crippen LogP contribution in [0.2, 0.25) is 0 Å². The number of carbonyl (C=O) groups is 3. The summed E-state index contributed by atoms with van der Waals surface area (Å²) in [6.07, 6.45) is 92.7. The summed E-state index contributed by atoms with van der Waals surface area (Å²) in [7, 11) is 0. The molecule has 81 heavy (non-hydrogen) atoms. The van der Waals surface area contributed by atoms with Gasteiger partial charge in [0.05, 0.1) is 0 Å². The van der Waals surface area contributed by atoms with E-state index < -0.39 is 6.10 Å². The molecule has 0 aromatic carbocycles. The molecule has 0 radical (unpaired) electrons. The van der Waals surface area contributed by atoms with Crippen LogP contribution in [0.4, 0.5) is 0 Å². The zero-order valence-electron chi connectivity index (χ0n) is 53.5. The molecule has 6 nitrogen and oxygen atoms in total. The van der Waals surface area contributed by atoms with Crippen LogP contribution in [0, 0.1) is 0 Å². The van der Waals surface area contributed by atoms with E-state index in [0.29, 0.717) is 19.3 Å². The molecule has 0 aromatic heterocycles. The van der Waals surface area contributed by atoms with Gasteiger partial charge >= 0.3 is 17.9 Å². The van der Waals surface area contributed by atoms with Crippen molar-refractivity contribution in [1.82, 2.24) is 0 Å². The standard InChI is InChI=1S/C75H130O6/c1-4-7-10-13-16-19-22-25-28-31-34-36-37-39-41-44-47-50-53-56-59-62-65-68-74(77)80-71-72(70-79-73(76)67-64-61-58-55-52-49-46-43-40-33-30-27-24-21-18-15-12-9-6-3)81-75(78)69-66-63-60-57-54-51-48-45-42-38-35-32-29-26-23-20-17-14-11-8-5-2/h8,11,17-18,20-21,26-27,29-31,34-35,38,45,48,72H,4-7,9-10,12-16,19,22-25,28,32-33,36-37,39-44,46-47,49-71H2,1-3H3/b11-8-,20-17-,21-18-,29-26-,30-27-,34-31-,38-35-,48-45-. The van der Waals surface area contributed by atoms with Crippen molar-refractivity contribution < 1.29 is 28.6 Å². The number of carbonyl (C=O) groups excluding carboxylic acids is 3. The Labute approximate surface area is 502 Å². The van der Waals surface area contributed by atoms with Crippen LogP contribution in [0.15, 0.2) is 97.2 Å². The molecule has 1 unspecified atom stereocenters. The second-order valence-electron chi connectivity index (χ2n) is 23.1. The quantitative estimate of drug-likeness (QED) is 0.0261. The van der Waals surface area contributed by atoms with Crippen molar-refractivity contribution in [3.8, 4) is 0 Å². The van der Waals surface area contributed by atoms with Gasteiger partial charge in [0.15, 0.2) is 6.10 Å².